The maximum atomic E-state index is 4.62. The van der Waals surface area contributed by atoms with E-state index in [1.807, 2.05) is 24.5 Å². The van der Waals surface area contributed by atoms with Gasteiger partial charge in [-0.15, -0.1) is 0 Å². The molecule has 0 saturated heterocycles. The first-order valence-electron chi connectivity index (χ1n) is 6.77. The summed E-state index contributed by atoms with van der Waals surface area (Å²) in [6.07, 6.45) is 8.29. The lowest BCUT2D eigenvalue weighted by molar-refractivity contribution is 0.965. The number of nitrogens with one attached hydrogen (secondary N) is 1. The van der Waals surface area contributed by atoms with Gasteiger partial charge >= 0.3 is 0 Å². The predicted octanol–water partition coefficient (Wildman–Crippen LogP) is 3.51. The maximum Gasteiger partial charge on any atom is 0.145 e. The molecule has 0 amide bonds. The van der Waals surface area contributed by atoms with Crippen LogP contribution in [0.1, 0.15) is 13.3 Å². The molecule has 1 aromatic carbocycles. The Hall–Kier alpha value is -2.49. The Kier molecular flexibility index (Phi) is 3.54. The molecule has 3 rings (SSSR count). The third-order valence-electron chi connectivity index (χ3n) is 3.13. The Labute approximate surface area is 117 Å². The summed E-state index contributed by atoms with van der Waals surface area (Å²) in [5, 5.41) is 5.51. The zero-order valence-electron chi connectivity index (χ0n) is 11.4. The second kappa shape index (κ2) is 5.65. The van der Waals surface area contributed by atoms with Crippen molar-refractivity contribution in [3.05, 3.63) is 49.1 Å². The fourth-order valence-electron chi connectivity index (χ4n) is 2.15. The van der Waals surface area contributed by atoms with E-state index in [4.69, 9.17) is 0 Å². The molecule has 0 radical (unpaired) electrons. The zero-order chi connectivity index (χ0) is 13.8. The van der Waals surface area contributed by atoms with Crippen LogP contribution in [0.5, 0.6) is 0 Å². The SMILES string of the molecule is CCCNc1cncc(-c2cncc3ccccc23)n1. The highest BCUT2D eigenvalue weighted by Crippen LogP contribution is 2.26. The Morgan fingerprint density at radius 1 is 1.00 bits per heavy atom. The molecule has 4 nitrogen and oxygen atoms in total. The topological polar surface area (TPSA) is 50.7 Å². The number of pyridine rings is 1. The van der Waals surface area contributed by atoms with Crippen molar-refractivity contribution in [2.24, 2.45) is 0 Å². The Balaban J connectivity index is 2.06. The monoisotopic (exact) mass is 264 g/mol. The molecule has 4 heteroatoms. The smallest absolute Gasteiger partial charge is 0.145 e. The van der Waals surface area contributed by atoms with E-state index in [9.17, 15) is 0 Å². The lowest BCUT2D eigenvalue weighted by Crippen LogP contribution is -2.03. The predicted molar refractivity (Wildman–Crippen MR) is 81.5 cm³/mol. The first kappa shape index (κ1) is 12.5. The number of hydrogen-bond acceptors (Lipinski definition) is 4. The van der Waals surface area contributed by atoms with Gasteiger partial charge in [-0.25, -0.2) is 4.98 Å². The molecular weight excluding hydrogens is 248 g/mol. The van der Waals surface area contributed by atoms with Crippen molar-refractivity contribution in [1.29, 1.82) is 0 Å². The van der Waals surface area contributed by atoms with Gasteiger partial charge in [0.1, 0.15) is 5.82 Å². The molecule has 1 N–H and O–H groups in total. The van der Waals surface area contributed by atoms with E-state index in [0.29, 0.717) is 0 Å². The van der Waals surface area contributed by atoms with E-state index in [2.05, 4.69) is 39.3 Å². The van der Waals surface area contributed by atoms with E-state index in [1.165, 1.54) is 0 Å². The van der Waals surface area contributed by atoms with Crippen LogP contribution in [0.15, 0.2) is 49.1 Å². The van der Waals surface area contributed by atoms with Crippen molar-refractivity contribution < 1.29 is 0 Å². The second-order valence-electron chi connectivity index (χ2n) is 4.62. The molecule has 0 unspecified atom stereocenters. The summed E-state index contributed by atoms with van der Waals surface area (Å²) in [4.78, 5) is 13.2. The molecule has 2 aromatic heterocycles. The lowest BCUT2D eigenvalue weighted by atomic mass is 10.1. The van der Waals surface area contributed by atoms with E-state index in [0.717, 1.165) is 40.8 Å². The van der Waals surface area contributed by atoms with Crippen LogP contribution in [0.4, 0.5) is 5.82 Å². The van der Waals surface area contributed by atoms with Crippen LogP contribution < -0.4 is 5.32 Å². The average Bonchev–Trinajstić information content (AvgIpc) is 2.52. The van der Waals surface area contributed by atoms with Crippen LogP contribution in [0.3, 0.4) is 0 Å². The largest absolute Gasteiger partial charge is 0.369 e. The minimum Gasteiger partial charge on any atom is -0.369 e. The van der Waals surface area contributed by atoms with Gasteiger partial charge < -0.3 is 5.32 Å². The van der Waals surface area contributed by atoms with Crippen molar-refractivity contribution in [2.45, 2.75) is 13.3 Å². The summed E-state index contributed by atoms with van der Waals surface area (Å²) in [6.45, 7) is 3.02. The molecule has 2 heterocycles. The number of anilines is 1. The van der Waals surface area contributed by atoms with Gasteiger partial charge in [0.25, 0.3) is 0 Å². The number of rotatable bonds is 4. The second-order valence-corrected chi connectivity index (χ2v) is 4.62. The number of hydrogen-bond donors (Lipinski definition) is 1. The number of benzene rings is 1. The Bertz CT molecular complexity index is 719. The highest BCUT2D eigenvalue weighted by molar-refractivity contribution is 5.94. The summed E-state index contributed by atoms with van der Waals surface area (Å²) >= 11 is 0. The fraction of sp³-hybridized carbons (Fsp3) is 0.188. The van der Waals surface area contributed by atoms with E-state index in [1.54, 1.807) is 12.4 Å². The normalized spacial score (nSPS) is 10.7. The summed E-state index contributed by atoms with van der Waals surface area (Å²) in [6, 6.07) is 8.18. The van der Waals surface area contributed by atoms with Gasteiger partial charge in [-0.05, 0) is 11.8 Å². The number of fused-ring (bicyclic) bond motifs is 1. The lowest BCUT2D eigenvalue weighted by Gasteiger charge is -2.08. The van der Waals surface area contributed by atoms with Gasteiger partial charge in [-0.3, -0.25) is 9.97 Å². The number of nitrogens with zero attached hydrogens (tertiary/aromatic N) is 3. The van der Waals surface area contributed by atoms with Gasteiger partial charge in [0.05, 0.1) is 18.1 Å². The van der Waals surface area contributed by atoms with Crippen molar-refractivity contribution in [1.82, 2.24) is 15.0 Å². The van der Waals surface area contributed by atoms with Gasteiger partial charge in [-0.1, -0.05) is 31.2 Å². The minimum atomic E-state index is 0.803. The van der Waals surface area contributed by atoms with Crippen molar-refractivity contribution in [3.63, 3.8) is 0 Å². The molecule has 0 aliphatic heterocycles. The molecule has 0 saturated carbocycles. The summed E-state index contributed by atoms with van der Waals surface area (Å²) in [7, 11) is 0. The van der Waals surface area contributed by atoms with E-state index < -0.39 is 0 Å². The molecule has 100 valence electrons. The van der Waals surface area contributed by atoms with E-state index >= 15 is 0 Å². The molecule has 0 aliphatic rings. The van der Waals surface area contributed by atoms with Crippen LogP contribution >= 0.6 is 0 Å². The first-order chi connectivity index (χ1) is 9.88. The third-order valence-corrected chi connectivity index (χ3v) is 3.13. The molecule has 0 aliphatic carbocycles. The standard InChI is InChI=1S/C16H16N4/c1-2-7-19-16-11-18-10-15(20-16)14-9-17-8-12-5-3-4-6-13(12)14/h3-6,8-11H,2,7H2,1H3,(H,19,20). The van der Waals surface area contributed by atoms with Crippen LogP contribution in [-0.4, -0.2) is 21.5 Å². The van der Waals surface area contributed by atoms with Crippen LogP contribution in [-0.2, 0) is 0 Å². The molecule has 0 spiro atoms. The first-order valence-corrected chi connectivity index (χ1v) is 6.77. The van der Waals surface area contributed by atoms with E-state index in [-0.39, 0.29) is 0 Å². The quantitative estimate of drug-likeness (QED) is 0.783. The van der Waals surface area contributed by atoms with Crippen LogP contribution in [0.25, 0.3) is 22.0 Å². The summed E-state index contributed by atoms with van der Waals surface area (Å²) < 4.78 is 0. The van der Waals surface area contributed by atoms with Gasteiger partial charge in [-0.2, -0.15) is 0 Å². The van der Waals surface area contributed by atoms with Gasteiger partial charge in [0.15, 0.2) is 0 Å². The zero-order valence-corrected chi connectivity index (χ0v) is 11.4. The van der Waals surface area contributed by atoms with Crippen molar-refractivity contribution in [3.8, 4) is 11.3 Å². The molecule has 0 atom stereocenters. The summed E-state index contributed by atoms with van der Waals surface area (Å²) in [5.41, 5.74) is 1.85. The fourth-order valence-corrected chi connectivity index (χ4v) is 2.15. The minimum absolute atomic E-state index is 0.803. The Morgan fingerprint density at radius 3 is 2.75 bits per heavy atom. The van der Waals surface area contributed by atoms with Crippen molar-refractivity contribution >= 4 is 16.6 Å². The summed E-state index contributed by atoms with van der Waals surface area (Å²) in [5.74, 6) is 0.803. The molecule has 20 heavy (non-hydrogen) atoms. The van der Waals surface area contributed by atoms with Gasteiger partial charge in [0.2, 0.25) is 0 Å². The molecule has 3 aromatic rings. The molecular formula is C16H16N4. The Morgan fingerprint density at radius 2 is 1.85 bits per heavy atom. The number of aromatic nitrogens is 3. The molecule has 0 bridgehead atoms. The highest BCUT2D eigenvalue weighted by atomic mass is 15.0. The average molecular weight is 264 g/mol. The van der Waals surface area contributed by atoms with Crippen LogP contribution in [0.2, 0.25) is 0 Å². The third kappa shape index (κ3) is 2.45. The van der Waals surface area contributed by atoms with Gasteiger partial charge in [0, 0.05) is 29.9 Å². The molecule has 0 fully saturated rings. The van der Waals surface area contributed by atoms with Crippen molar-refractivity contribution in [2.75, 3.05) is 11.9 Å². The highest BCUT2D eigenvalue weighted by Gasteiger charge is 2.06. The maximum absolute atomic E-state index is 4.62. The van der Waals surface area contributed by atoms with Crippen LogP contribution in [0, 0.1) is 0 Å².